The fraction of sp³-hybridized carbons (Fsp3) is 0.650. The van der Waals surface area contributed by atoms with Crippen molar-refractivity contribution in [1.82, 2.24) is 15.5 Å². The van der Waals surface area contributed by atoms with Gasteiger partial charge >= 0.3 is 0 Å². The zero-order valence-corrected chi connectivity index (χ0v) is 16.6. The van der Waals surface area contributed by atoms with Crippen LogP contribution in [0.25, 0.3) is 0 Å². The van der Waals surface area contributed by atoms with Gasteiger partial charge in [-0.25, -0.2) is 4.39 Å². The molecule has 0 radical (unpaired) electrons. The molecule has 2 unspecified atom stereocenters. The van der Waals surface area contributed by atoms with Crippen LogP contribution in [0.15, 0.2) is 29.3 Å². The second-order valence-electron chi connectivity index (χ2n) is 6.47. The normalized spacial score (nSPS) is 14.3. The van der Waals surface area contributed by atoms with E-state index in [1.54, 1.807) is 18.2 Å². The number of guanidine groups is 1. The highest BCUT2D eigenvalue weighted by molar-refractivity contribution is 5.80. The third-order valence-corrected chi connectivity index (χ3v) is 4.42. The van der Waals surface area contributed by atoms with E-state index in [0.29, 0.717) is 5.96 Å². The van der Waals surface area contributed by atoms with E-state index < -0.39 is 11.9 Å². The van der Waals surface area contributed by atoms with Gasteiger partial charge in [-0.2, -0.15) is 0 Å². The number of aliphatic hydroxyl groups is 1. The standard InChI is InChI=1S/C20H35FN4O/c1-5-22-20(24-16(4)11-10-14-25(6-2)7-3)23-15-19(26)17-12-8-9-13-18(17)21/h8-9,12-13,16,19,26H,5-7,10-11,14-15H2,1-4H3,(H2,22,23,24). The first-order chi connectivity index (χ1) is 12.5. The maximum Gasteiger partial charge on any atom is 0.191 e. The lowest BCUT2D eigenvalue weighted by Crippen LogP contribution is -2.42. The number of rotatable bonds is 11. The lowest BCUT2D eigenvalue weighted by Gasteiger charge is -2.21. The van der Waals surface area contributed by atoms with Crippen molar-refractivity contribution in [2.75, 3.05) is 32.7 Å². The van der Waals surface area contributed by atoms with Crippen molar-refractivity contribution in [2.45, 2.75) is 52.7 Å². The Bertz CT molecular complexity index is 534. The van der Waals surface area contributed by atoms with Gasteiger partial charge in [0.25, 0.3) is 0 Å². The molecule has 1 aromatic rings. The van der Waals surface area contributed by atoms with E-state index in [4.69, 9.17) is 0 Å². The molecule has 3 N–H and O–H groups in total. The molecule has 6 heteroatoms. The Morgan fingerprint density at radius 3 is 2.54 bits per heavy atom. The van der Waals surface area contributed by atoms with Crippen LogP contribution in [0, 0.1) is 5.82 Å². The van der Waals surface area contributed by atoms with Crippen LogP contribution in [0.4, 0.5) is 4.39 Å². The van der Waals surface area contributed by atoms with Gasteiger partial charge in [0.1, 0.15) is 11.9 Å². The molecule has 0 amide bonds. The Hall–Kier alpha value is -1.66. The number of aliphatic imine (C=N–C) groups is 1. The molecule has 0 aliphatic heterocycles. The number of hydrogen-bond donors (Lipinski definition) is 3. The molecule has 148 valence electrons. The Kier molecular flexibility index (Phi) is 10.9. The van der Waals surface area contributed by atoms with Gasteiger partial charge in [-0.3, -0.25) is 4.99 Å². The highest BCUT2D eigenvalue weighted by Crippen LogP contribution is 2.16. The minimum Gasteiger partial charge on any atom is -0.386 e. The van der Waals surface area contributed by atoms with Gasteiger partial charge in [0.05, 0.1) is 6.54 Å². The van der Waals surface area contributed by atoms with Gasteiger partial charge < -0.3 is 20.6 Å². The van der Waals surface area contributed by atoms with E-state index in [1.807, 2.05) is 6.92 Å². The molecular weight excluding hydrogens is 331 g/mol. The van der Waals surface area contributed by atoms with Crippen LogP contribution >= 0.6 is 0 Å². The van der Waals surface area contributed by atoms with Crippen LogP contribution < -0.4 is 10.6 Å². The molecule has 1 rings (SSSR count). The van der Waals surface area contributed by atoms with Gasteiger partial charge in [0.15, 0.2) is 5.96 Å². The van der Waals surface area contributed by atoms with Gasteiger partial charge in [0.2, 0.25) is 0 Å². The third-order valence-electron chi connectivity index (χ3n) is 4.42. The van der Waals surface area contributed by atoms with Crippen molar-refractivity contribution < 1.29 is 9.50 Å². The minimum absolute atomic E-state index is 0.114. The average molecular weight is 367 g/mol. The van der Waals surface area contributed by atoms with Crippen molar-refractivity contribution in [3.8, 4) is 0 Å². The van der Waals surface area contributed by atoms with Crippen molar-refractivity contribution >= 4 is 5.96 Å². The predicted octanol–water partition coefficient (Wildman–Crippen LogP) is 2.92. The molecular formula is C20H35FN4O. The molecule has 0 aliphatic rings. The fourth-order valence-corrected chi connectivity index (χ4v) is 2.81. The summed E-state index contributed by atoms with van der Waals surface area (Å²) >= 11 is 0. The quantitative estimate of drug-likeness (QED) is 0.416. The summed E-state index contributed by atoms with van der Waals surface area (Å²) in [6, 6.07) is 6.54. The summed E-state index contributed by atoms with van der Waals surface area (Å²) in [6.07, 6.45) is 1.20. The van der Waals surface area contributed by atoms with Crippen LogP contribution in [0.2, 0.25) is 0 Å². The summed E-state index contributed by atoms with van der Waals surface area (Å²) in [5.41, 5.74) is 0.277. The number of benzene rings is 1. The number of hydrogen-bond acceptors (Lipinski definition) is 3. The summed E-state index contributed by atoms with van der Waals surface area (Å²) in [4.78, 5) is 6.83. The SMILES string of the molecule is CCNC(=NCC(O)c1ccccc1F)NC(C)CCCN(CC)CC. The molecule has 26 heavy (non-hydrogen) atoms. The summed E-state index contributed by atoms with van der Waals surface area (Å²) in [5.74, 6) is 0.246. The topological polar surface area (TPSA) is 59.9 Å². The van der Waals surface area contributed by atoms with Crippen LogP contribution in [-0.2, 0) is 0 Å². The summed E-state index contributed by atoms with van der Waals surface area (Å²) in [7, 11) is 0. The van der Waals surface area contributed by atoms with E-state index in [-0.39, 0.29) is 18.2 Å². The molecule has 0 saturated carbocycles. The largest absolute Gasteiger partial charge is 0.386 e. The Labute approximate surface area is 157 Å². The molecule has 0 spiro atoms. The first-order valence-corrected chi connectivity index (χ1v) is 9.71. The molecule has 5 nitrogen and oxygen atoms in total. The predicted molar refractivity (Wildman–Crippen MR) is 107 cm³/mol. The number of halogens is 1. The van der Waals surface area contributed by atoms with Crippen molar-refractivity contribution in [1.29, 1.82) is 0 Å². The van der Waals surface area contributed by atoms with Crippen LogP contribution in [0.1, 0.15) is 52.2 Å². The minimum atomic E-state index is -0.954. The van der Waals surface area contributed by atoms with Gasteiger partial charge in [-0.1, -0.05) is 32.0 Å². The lowest BCUT2D eigenvalue weighted by atomic mass is 10.1. The van der Waals surface area contributed by atoms with Crippen LogP contribution in [0.5, 0.6) is 0 Å². The average Bonchev–Trinajstić information content (AvgIpc) is 2.63. The second-order valence-corrected chi connectivity index (χ2v) is 6.47. The second kappa shape index (κ2) is 12.7. The molecule has 0 heterocycles. The molecule has 2 atom stereocenters. The smallest absolute Gasteiger partial charge is 0.191 e. The molecule has 0 saturated heterocycles. The van der Waals surface area contributed by atoms with E-state index in [2.05, 4.69) is 41.3 Å². The summed E-state index contributed by atoms with van der Waals surface area (Å²) in [5, 5.41) is 16.7. The summed E-state index contributed by atoms with van der Waals surface area (Å²) < 4.78 is 13.7. The zero-order chi connectivity index (χ0) is 19.4. The van der Waals surface area contributed by atoms with Crippen LogP contribution in [0.3, 0.4) is 0 Å². The van der Waals surface area contributed by atoms with E-state index in [0.717, 1.165) is 39.0 Å². The number of nitrogens with one attached hydrogen (secondary N) is 2. The number of aliphatic hydroxyl groups excluding tert-OH is 1. The number of nitrogens with zero attached hydrogens (tertiary/aromatic N) is 2. The van der Waals surface area contributed by atoms with Gasteiger partial charge in [0, 0.05) is 18.2 Å². The first kappa shape index (κ1) is 22.4. The highest BCUT2D eigenvalue weighted by Gasteiger charge is 2.12. The Balaban J connectivity index is 2.53. The highest BCUT2D eigenvalue weighted by atomic mass is 19.1. The molecule has 0 aliphatic carbocycles. The van der Waals surface area contributed by atoms with E-state index >= 15 is 0 Å². The fourth-order valence-electron chi connectivity index (χ4n) is 2.81. The molecule has 0 bridgehead atoms. The van der Waals surface area contributed by atoms with Crippen molar-refractivity contribution in [3.05, 3.63) is 35.6 Å². The van der Waals surface area contributed by atoms with Crippen molar-refractivity contribution in [2.24, 2.45) is 4.99 Å². The van der Waals surface area contributed by atoms with Crippen molar-refractivity contribution in [3.63, 3.8) is 0 Å². The maximum atomic E-state index is 13.7. The lowest BCUT2D eigenvalue weighted by molar-refractivity contribution is 0.182. The first-order valence-electron chi connectivity index (χ1n) is 9.71. The maximum absolute atomic E-state index is 13.7. The van der Waals surface area contributed by atoms with Gasteiger partial charge in [-0.05, 0) is 52.4 Å². The molecule has 1 aromatic carbocycles. The Morgan fingerprint density at radius 2 is 1.92 bits per heavy atom. The summed E-state index contributed by atoms with van der Waals surface area (Å²) in [6.45, 7) is 12.6. The van der Waals surface area contributed by atoms with Gasteiger partial charge in [-0.15, -0.1) is 0 Å². The monoisotopic (exact) mass is 366 g/mol. The molecule has 0 aromatic heterocycles. The van der Waals surface area contributed by atoms with E-state index in [9.17, 15) is 9.50 Å². The molecule has 0 fully saturated rings. The van der Waals surface area contributed by atoms with E-state index in [1.165, 1.54) is 6.07 Å². The zero-order valence-electron chi connectivity index (χ0n) is 16.6. The Morgan fingerprint density at radius 1 is 1.23 bits per heavy atom. The third kappa shape index (κ3) is 8.15. The van der Waals surface area contributed by atoms with Crippen LogP contribution in [-0.4, -0.2) is 54.7 Å².